The molecule has 4 heteroatoms. The van der Waals surface area contributed by atoms with Crippen LogP contribution in [0.3, 0.4) is 0 Å². The fraction of sp³-hybridized carbons (Fsp3) is 0.294. The van der Waals surface area contributed by atoms with E-state index in [0.29, 0.717) is 5.02 Å². The molecule has 0 spiro atoms. The molecule has 0 aliphatic heterocycles. The predicted octanol–water partition coefficient (Wildman–Crippen LogP) is 5.27. The minimum atomic E-state index is -0.294. The second-order valence-corrected chi connectivity index (χ2v) is 6.30. The second kappa shape index (κ2) is 8.42. The summed E-state index contributed by atoms with van der Waals surface area (Å²) in [6.45, 7) is 4.08. The van der Waals surface area contributed by atoms with Crippen molar-refractivity contribution in [2.24, 2.45) is 0 Å². The number of halogens is 2. The Bertz CT molecular complexity index is 589. The Kier molecular flexibility index (Phi) is 6.55. The van der Waals surface area contributed by atoms with Crippen molar-refractivity contribution in [1.82, 2.24) is 5.32 Å². The van der Waals surface area contributed by atoms with Crippen molar-refractivity contribution in [2.75, 3.05) is 6.54 Å². The van der Waals surface area contributed by atoms with Gasteiger partial charge in [0.2, 0.25) is 0 Å². The van der Waals surface area contributed by atoms with Gasteiger partial charge in [-0.05, 0) is 48.4 Å². The van der Waals surface area contributed by atoms with Gasteiger partial charge in [0.1, 0.15) is 5.82 Å². The van der Waals surface area contributed by atoms with Crippen LogP contribution in [0.4, 0.5) is 4.39 Å². The minimum absolute atomic E-state index is 0.294. The van der Waals surface area contributed by atoms with Crippen molar-refractivity contribution < 1.29 is 4.39 Å². The third kappa shape index (κ3) is 5.34. The lowest BCUT2D eigenvalue weighted by Gasteiger charge is -2.07. The SMILES string of the molecule is CCCNCc1cccc(SCc2ccc(F)cc2Cl)c1. The molecule has 0 atom stereocenters. The molecule has 0 aliphatic rings. The van der Waals surface area contributed by atoms with Crippen molar-refractivity contribution in [3.05, 3.63) is 64.4 Å². The minimum Gasteiger partial charge on any atom is -0.313 e. The van der Waals surface area contributed by atoms with Gasteiger partial charge in [0, 0.05) is 22.2 Å². The van der Waals surface area contributed by atoms with Gasteiger partial charge in [0.05, 0.1) is 0 Å². The highest BCUT2D eigenvalue weighted by Crippen LogP contribution is 2.27. The number of nitrogens with one attached hydrogen (secondary N) is 1. The summed E-state index contributed by atoms with van der Waals surface area (Å²) in [6, 6.07) is 13.0. The summed E-state index contributed by atoms with van der Waals surface area (Å²) in [5, 5.41) is 3.88. The molecule has 0 heterocycles. The molecule has 2 aromatic rings. The highest BCUT2D eigenvalue weighted by Gasteiger charge is 2.04. The maximum absolute atomic E-state index is 13.0. The zero-order chi connectivity index (χ0) is 15.1. The first kappa shape index (κ1) is 16.3. The van der Waals surface area contributed by atoms with Crippen LogP contribution in [-0.4, -0.2) is 6.54 Å². The molecule has 1 nitrogen and oxygen atoms in total. The van der Waals surface area contributed by atoms with Crippen molar-refractivity contribution >= 4 is 23.4 Å². The molecule has 1 N–H and O–H groups in total. The van der Waals surface area contributed by atoms with Crippen molar-refractivity contribution in [3.8, 4) is 0 Å². The Morgan fingerprint density at radius 2 is 2.05 bits per heavy atom. The Hall–Kier alpha value is -1.03. The molecule has 2 aromatic carbocycles. The zero-order valence-electron chi connectivity index (χ0n) is 12.0. The van der Waals surface area contributed by atoms with Crippen LogP contribution < -0.4 is 5.32 Å². The maximum atomic E-state index is 13.0. The van der Waals surface area contributed by atoms with Crippen LogP contribution in [0.15, 0.2) is 47.4 Å². The quantitative estimate of drug-likeness (QED) is 0.550. The van der Waals surface area contributed by atoms with Crippen molar-refractivity contribution in [3.63, 3.8) is 0 Å². The second-order valence-electron chi connectivity index (χ2n) is 4.85. The first-order valence-electron chi connectivity index (χ1n) is 7.05. The van der Waals surface area contributed by atoms with E-state index in [2.05, 4.69) is 36.5 Å². The molecule has 0 radical (unpaired) electrons. The number of hydrogen-bond acceptors (Lipinski definition) is 2. The van der Waals surface area contributed by atoms with Crippen LogP contribution in [0.2, 0.25) is 5.02 Å². The van der Waals surface area contributed by atoms with Gasteiger partial charge < -0.3 is 5.32 Å². The van der Waals surface area contributed by atoms with Gasteiger partial charge in [-0.15, -0.1) is 11.8 Å². The molecule has 0 amide bonds. The Balaban J connectivity index is 1.95. The Labute approximate surface area is 134 Å². The van der Waals surface area contributed by atoms with E-state index >= 15 is 0 Å². The van der Waals surface area contributed by atoms with Gasteiger partial charge >= 0.3 is 0 Å². The van der Waals surface area contributed by atoms with E-state index in [9.17, 15) is 4.39 Å². The van der Waals surface area contributed by atoms with Crippen molar-refractivity contribution in [2.45, 2.75) is 30.5 Å². The average Bonchev–Trinajstić information content (AvgIpc) is 2.47. The summed E-state index contributed by atoms with van der Waals surface area (Å²) in [6.07, 6.45) is 1.14. The Morgan fingerprint density at radius 3 is 2.81 bits per heavy atom. The lowest BCUT2D eigenvalue weighted by molar-refractivity contribution is 0.627. The highest BCUT2D eigenvalue weighted by molar-refractivity contribution is 7.98. The van der Waals surface area contributed by atoms with Crippen LogP contribution >= 0.6 is 23.4 Å². The number of thioether (sulfide) groups is 1. The van der Waals surface area contributed by atoms with Crippen LogP contribution in [0.25, 0.3) is 0 Å². The summed E-state index contributed by atoms with van der Waals surface area (Å²) in [5.74, 6) is 0.447. The van der Waals surface area contributed by atoms with Crippen LogP contribution in [0.1, 0.15) is 24.5 Å². The largest absolute Gasteiger partial charge is 0.313 e. The molecular formula is C17H19ClFNS. The van der Waals surface area contributed by atoms with Gasteiger partial charge in [-0.25, -0.2) is 4.39 Å². The van der Waals surface area contributed by atoms with E-state index in [1.54, 1.807) is 17.8 Å². The summed E-state index contributed by atoms with van der Waals surface area (Å²) in [4.78, 5) is 1.20. The third-order valence-corrected chi connectivity index (χ3v) is 4.46. The van der Waals surface area contributed by atoms with E-state index in [1.165, 1.54) is 22.6 Å². The third-order valence-electron chi connectivity index (χ3n) is 3.06. The lowest BCUT2D eigenvalue weighted by Crippen LogP contribution is -2.13. The average molecular weight is 324 g/mol. The predicted molar refractivity (Wildman–Crippen MR) is 89.4 cm³/mol. The van der Waals surface area contributed by atoms with Gasteiger partial charge in [-0.1, -0.05) is 36.7 Å². The maximum Gasteiger partial charge on any atom is 0.124 e. The van der Waals surface area contributed by atoms with Gasteiger partial charge in [-0.2, -0.15) is 0 Å². The van der Waals surface area contributed by atoms with Crippen LogP contribution in [-0.2, 0) is 12.3 Å². The van der Waals surface area contributed by atoms with Crippen molar-refractivity contribution in [1.29, 1.82) is 0 Å². The van der Waals surface area contributed by atoms with Crippen LogP contribution in [0.5, 0.6) is 0 Å². The zero-order valence-corrected chi connectivity index (χ0v) is 13.6. The molecule has 0 unspecified atom stereocenters. The normalized spacial score (nSPS) is 10.8. The summed E-state index contributed by atoms with van der Waals surface area (Å²) in [5.41, 5.74) is 2.23. The van der Waals surface area contributed by atoms with E-state index in [4.69, 9.17) is 11.6 Å². The topological polar surface area (TPSA) is 12.0 Å². The highest BCUT2D eigenvalue weighted by atomic mass is 35.5. The summed E-state index contributed by atoms with van der Waals surface area (Å²) in [7, 11) is 0. The molecular weight excluding hydrogens is 305 g/mol. The summed E-state index contributed by atoms with van der Waals surface area (Å²) < 4.78 is 13.0. The standard InChI is InChI=1S/C17H19ClFNS/c1-2-8-20-11-13-4-3-5-16(9-13)21-12-14-6-7-15(19)10-17(14)18/h3-7,9-10,20H,2,8,11-12H2,1H3. The van der Waals surface area contributed by atoms with E-state index < -0.39 is 0 Å². The van der Waals surface area contributed by atoms with Gasteiger partial charge in [0.25, 0.3) is 0 Å². The number of benzene rings is 2. The molecule has 21 heavy (non-hydrogen) atoms. The van der Waals surface area contributed by atoms with Gasteiger partial charge in [0.15, 0.2) is 0 Å². The molecule has 0 bridgehead atoms. The first-order chi connectivity index (χ1) is 10.2. The number of hydrogen-bond donors (Lipinski definition) is 1. The monoisotopic (exact) mass is 323 g/mol. The fourth-order valence-corrected chi connectivity index (χ4v) is 3.25. The fourth-order valence-electron chi connectivity index (χ4n) is 1.95. The number of rotatable bonds is 7. The molecule has 112 valence electrons. The van der Waals surface area contributed by atoms with Crippen LogP contribution in [0, 0.1) is 5.82 Å². The smallest absolute Gasteiger partial charge is 0.124 e. The molecule has 0 aliphatic carbocycles. The first-order valence-corrected chi connectivity index (χ1v) is 8.42. The molecule has 0 aromatic heterocycles. The van der Waals surface area contributed by atoms with E-state index in [-0.39, 0.29) is 5.82 Å². The van der Waals surface area contributed by atoms with E-state index in [1.807, 2.05) is 0 Å². The molecule has 0 saturated heterocycles. The van der Waals surface area contributed by atoms with E-state index in [0.717, 1.165) is 30.8 Å². The van der Waals surface area contributed by atoms with Gasteiger partial charge in [-0.3, -0.25) is 0 Å². The summed E-state index contributed by atoms with van der Waals surface area (Å²) >= 11 is 7.76. The lowest BCUT2D eigenvalue weighted by atomic mass is 10.2. The molecule has 0 fully saturated rings. The molecule has 2 rings (SSSR count). The Morgan fingerprint density at radius 1 is 1.19 bits per heavy atom. The molecule has 0 saturated carbocycles.